The Labute approximate surface area is 111 Å². The van der Waals surface area contributed by atoms with E-state index in [-0.39, 0.29) is 5.91 Å². The van der Waals surface area contributed by atoms with Crippen molar-refractivity contribution in [3.63, 3.8) is 0 Å². The van der Waals surface area contributed by atoms with Crippen LogP contribution in [-0.2, 0) is 0 Å². The number of nitrogen functional groups attached to an aromatic ring is 1. The first-order chi connectivity index (χ1) is 9.11. The molecule has 1 aromatic carbocycles. The molecule has 5 heteroatoms. The van der Waals surface area contributed by atoms with Crippen molar-refractivity contribution >= 4 is 17.3 Å². The zero-order chi connectivity index (χ0) is 13.8. The number of nitrogens with two attached hydrogens (primary N) is 1. The average Bonchev–Trinajstić information content (AvgIpc) is 2.41. The van der Waals surface area contributed by atoms with Gasteiger partial charge in [0, 0.05) is 17.6 Å². The van der Waals surface area contributed by atoms with E-state index in [0.717, 1.165) is 16.9 Å². The highest BCUT2D eigenvalue weighted by Crippen LogP contribution is 2.18. The monoisotopic (exact) mass is 256 g/mol. The SMILES string of the molecule is Cc1cc(NN)c(C(=O)Nc2ccccc2C)cn1. The van der Waals surface area contributed by atoms with Crippen molar-refractivity contribution < 1.29 is 4.79 Å². The molecule has 0 saturated heterocycles. The first-order valence-corrected chi connectivity index (χ1v) is 5.92. The van der Waals surface area contributed by atoms with Crippen molar-refractivity contribution in [3.05, 3.63) is 53.3 Å². The fraction of sp³-hybridized carbons (Fsp3) is 0.143. The second-order valence-corrected chi connectivity index (χ2v) is 4.28. The van der Waals surface area contributed by atoms with E-state index in [0.29, 0.717) is 11.3 Å². The van der Waals surface area contributed by atoms with Crippen molar-refractivity contribution in [1.29, 1.82) is 0 Å². The number of anilines is 2. The number of hydrogen-bond donors (Lipinski definition) is 3. The largest absolute Gasteiger partial charge is 0.323 e. The van der Waals surface area contributed by atoms with E-state index in [1.807, 2.05) is 38.1 Å². The van der Waals surface area contributed by atoms with Crippen LogP contribution in [0.4, 0.5) is 11.4 Å². The summed E-state index contributed by atoms with van der Waals surface area (Å²) in [6, 6.07) is 9.31. The highest BCUT2D eigenvalue weighted by Gasteiger charge is 2.12. The third-order valence-corrected chi connectivity index (χ3v) is 2.83. The molecule has 0 saturated carbocycles. The smallest absolute Gasteiger partial charge is 0.259 e. The summed E-state index contributed by atoms with van der Waals surface area (Å²) in [6.07, 6.45) is 1.51. The summed E-state index contributed by atoms with van der Waals surface area (Å²) in [4.78, 5) is 16.3. The van der Waals surface area contributed by atoms with E-state index in [2.05, 4.69) is 15.7 Å². The maximum atomic E-state index is 12.2. The fourth-order valence-corrected chi connectivity index (χ4v) is 1.76. The Bertz CT molecular complexity index is 610. The molecule has 0 atom stereocenters. The number of benzene rings is 1. The number of aromatic nitrogens is 1. The van der Waals surface area contributed by atoms with Gasteiger partial charge in [0.15, 0.2) is 0 Å². The van der Waals surface area contributed by atoms with Crippen LogP contribution < -0.4 is 16.6 Å². The Morgan fingerprint density at radius 2 is 1.95 bits per heavy atom. The van der Waals surface area contributed by atoms with Crippen LogP contribution in [0.25, 0.3) is 0 Å². The van der Waals surface area contributed by atoms with E-state index in [4.69, 9.17) is 5.84 Å². The molecule has 1 heterocycles. The lowest BCUT2D eigenvalue weighted by Gasteiger charge is -2.11. The number of carbonyl (C=O) groups is 1. The normalized spacial score (nSPS) is 10.1. The molecule has 0 radical (unpaired) electrons. The number of carbonyl (C=O) groups excluding carboxylic acids is 1. The summed E-state index contributed by atoms with van der Waals surface area (Å²) >= 11 is 0. The maximum absolute atomic E-state index is 12.2. The first-order valence-electron chi connectivity index (χ1n) is 5.92. The van der Waals surface area contributed by atoms with E-state index in [9.17, 15) is 4.79 Å². The molecule has 0 spiro atoms. The van der Waals surface area contributed by atoms with Gasteiger partial charge in [-0.05, 0) is 31.5 Å². The second kappa shape index (κ2) is 5.49. The van der Waals surface area contributed by atoms with Crippen molar-refractivity contribution in [2.24, 2.45) is 5.84 Å². The molecule has 4 N–H and O–H groups in total. The lowest BCUT2D eigenvalue weighted by molar-refractivity contribution is 0.102. The standard InChI is InChI=1S/C14H16N4O/c1-9-5-3-4-6-12(9)17-14(19)11-8-16-10(2)7-13(11)18-15/h3-8H,15H2,1-2H3,(H,16,18)(H,17,19). The van der Waals surface area contributed by atoms with Crippen LogP contribution in [-0.4, -0.2) is 10.9 Å². The summed E-state index contributed by atoms with van der Waals surface area (Å²) < 4.78 is 0. The van der Waals surface area contributed by atoms with Crippen LogP contribution in [0.3, 0.4) is 0 Å². The summed E-state index contributed by atoms with van der Waals surface area (Å²) in [5.74, 6) is 5.18. The molecule has 0 unspecified atom stereocenters. The van der Waals surface area contributed by atoms with Gasteiger partial charge in [-0.15, -0.1) is 0 Å². The minimum absolute atomic E-state index is 0.241. The van der Waals surface area contributed by atoms with Gasteiger partial charge in [-0.2, -0.15) is 0 Å². The number of aryl methyl sites for hydroxylation is 2. The molecule has 1 amide bonds. The number of para-hydroxylation sites is 1. The topological polar surface area (TPSA) is 80.0 Å². The van der Waals surface area contributed by atoms with Crippen LogP contribution in [0.5, 0.6) is 0 Å². The Hall–Kier alpha value is -2.40. The molecular formula is C14H16N4O. The highest BCUT2D eigenvalue weighted by molar-refractivity contribution is 6.08. The van der Waals surface area contributed by atoms with Crippen LogP contribution in [0, 0.1) is 13.8 Å². The van der Waals surface area contributed by atoms with Gasteiger partial charge >= 0.3 is 0 Å². The number of amides is 1. The minimum Gasteiger partial charge on any atom is -0.323 e. The molecule has 2 rings (SSSR count). The van der Waals surface area contributed by atoms with E-state index < -0.39 is 0 Å². The van der Waals surface area contributed by atoms with Gasteiger partial charge in [0.05, 0.1) is 11.3 Å². The second-order valence-electron chi connectivity index (χ2n) is 4.28. The lowest BCUT2D eigenvalue weighted by Crippen LogP contribution is -2.18. The molecule has 0 fully saturated rings. The predicted octanol–water partition coefficient (Wildman–Crippen LogP) is 2.24. The number of nitrogens with zero attached hydrogens (tertiary/aromatic N) is 1. The number of pyridine rings is 1. The number of nitrogens with one attached hydrogen (secondary N) is 2. The summed E-state index contributed by atoms with van der Waals surface area (Å²) in [5.41, 5.74) is 6.05. The molecule has 0 aliphatic heterocycles. The Kier molecular flexibility index (Phi) is 3.77. The molecule has 98 valence electrons. The molecule has 2 aromatic rings. The Morgan fingerprint density at radius 1 is 1.21 bits per heavy atom. The Morgan fingerprint density at radius 3 is 2.63 bits per heavy atom. The van der Waals surface area contributed by atoms with Gasteiger partial charge in [-0.25, -0.2) is 0 Å². The number of rotatable bonds is 3. The quantitative estimate of drug-likeness (QED) is 0.581. The van der Waals surface area contributed by atoms with Crippen LogP contribution in [0.1, 0.15) is 21.6 Å². The van der Waals surface area contributed by atoms with Gasteiger partial charge < -0.3 is 10.7 Å². The van der Waals surface area contributed by atoms with E-state index in [1.165, 1.54) is 6.20 Å². The zero-order valence-corrected chi connectivity index (χ0v) is 10.9. The van der Waals surface area contributed by atoms with Crippen molar-refractivity contribution in [3.8, 4) is 0 Å². The van der Waals surface area contributed by atoms with Gasteiger partial charge in [-0.1, -0.05) is 18.2 Å². The van der Waals surface area contributed by atoms with Crippen LogP contribution in [0.2, 0.25) is 0 Å². The third-order valence-electron chi connectivity index (χ3n) is 2.83. The average molecular weight is 256 g/mol. The summed E-state index contributed by atoms with van der Waals surface area (Å²) in [5, 5.41) is 2.85. The van der Waals surface area contributed by atoms with Gasteiger partial charge in [0.2, 0.25) is 0 Å². The zero-order valence-electron chi connectivity index (χ0n) is 10.9. The minimum atomic E-state index is -0.241. The first kappa shape index (κ1) is 13.0. The van der Waals surface area contributed by atoms with Gasteiger partial charge in [0.1, 0.15) is 0 Å². The molecule has 5 nitrogen and oxygen atoms in total. The summed E-state index contributed by atoms with van der Waals surface area (Å²) in [7, 11) is 0. The van der Waals surface area contributed by atoms with Crippen molar-refractivity contribution in [2.45, 2.75) is 13.8 Å². The highest BCUT2D eigenvalue weighted by atomic mass is 16.1. The molecule has 1 aromatic heterocycles. The molecular weight excluding hydrogens is 240 g/mol. The van der Waals surface area contributed by atoms with Gasteiger partial charge in [0.25, 0.3) is 5.91 Å². The number of hydrazine groups is 1. The third kappa shape index (κ3) is 2.89. The molecule has 0 aliphatic rings. The van der Waals surface area contributed by atoms with E-state index >= 15 is 0 Å². The molecule has 19 heavy (non-hydrogen) atoms. The predicted molar refractivity (Wildman–Crippen MR) is 75.9 cm³/mol. The van der Waals surface area contributed by atoms with E-state index in [1.54, 1.807) is 6.07 Å². The lowest BCUT2D eigenvalue weighted by atomic mass is 10.1. The fourth-order valence-electron chi connectivity index (χ4n) is 1.76. The van der Waals surface area contributed by atoms with Crippen molar-refractivity contribution in [2.75, 3.05) is 10.7 Å². The number of hydrogen-bond acceptors (Lipinski definition) is 4. The van der Waals surface area contributed by atoms with Crippen LogP contribution >= 0.6 is 0 Å². The maximum Gasteiger partial charge on any atom is 0.259 e. The molecule has 0 aliphatic carbocycles. The van der Waals surface area contributed by atoms with Gasteiger partial charge in [-0.3, -0.25) is 15.6 Å². The van der Waals surface area contributed by atoms with Crippen LogP contribution in [0.15, 0.2) is 36.5 Å². The summed E-state index contributed by atoms with van der Waals surface area (Å²) in [6.45, 7) is 3.77. The van der Waals surface area contributed by atoms with Crippen molar-refractivity contribution in [1.82, 2.24) is 4.98 Å². The molecule has 0 bridgehead atoms. The Balaban J connectivity index is 2.28.